The second-order valence-corrected chi connectivity index (χ2v) is 9.18. The quantitative estimate of drug-likeness (QED) is 0.722. The number of amides is 1. The van der Waals surface area contributed by atoms with E-state index in [0.717, 1.165) is 19.1 Å². The van der Waals surface area contributed by atoms with Crippen molar-refractivity contribution in [1.29, 1.82) is 0 Å². The number of nitrogens with one attached hydrogen (secondary N) is 2. The Morgan fingerprint density at radius 1 is 1.33 bits per heavy atom. The first kappa shape index (κ1) is 19.6. The van der Waals surface area contributed by atoms with Gasteiger partial charge in [0.2, 0.25) is 15.9 Å². The van der Waals surface area contributed by atoms with E-state index in [2.05, 4.69) is 20.2 Å². The number of aromatic nitrogens is 2. The molecule has 10 heteroatoms. The van der Waals surface area contributed by atoms with Gasteiger partial charge in [-0.3, -0.25) is 9.52 Å². The van der Waals surface area contributed by atoms with Crippen molar-refractivity contribution >= 4 is 33.2 Å². The van der Waals surface area contributed by atoms with E-state index in [1.807, 2.05) is 13.8 Å². The fraction of sp³-hybridized carbons (Fsp3) is 0.471. The third-order valence-electron chi connectivity index (χ3n) is 4.14. The van der Waals surface area contributed by atoms with E-state index in [4.69, 9.17) is 16.1 Å². The SMILES string of the molecule is CC(C)C(NC(=O)c1ccc(Cl)c(NS(C)(=O)=O)c1)c1nc(C2CC2)no1. The van der Waals surface area contributed by atoms with Crippen molar-refractivity contribution in [2.24, 2.45) is 5.92 Å². The Balaban J connectivity index is 1.80. The van der Waals surface area contributed by atoms with E-state index < -0.39 is 22.0 Å². The highest BCUT2D eigenvalue weighted by molar-refractivity contribution is 7.92. The first-order valence-corrected chi connectivity index (χ1v) is 10.8. The third-order valence-corrected chi connectivity index (χ3v) is 5.06. The highest BCUT2D eigenvalue weighted by atomic mass is 35.5. The number of sulfonamides is 1. The minimum atomic E-state index is -3.52. The standard InChI is InChI=1S/C17H21ClN4O4S/c1-9(2)14(17-20-15(21-26-17)10-4-5-10)19-16(23)11-6-7-12(18)13(8-11)22-27(3,24)25/h6-10,14,22H,4-5H2,1-3H3,(H,19,23). The monoisotopic (exact) mass is 412 g/mol. The number of anilines is 1. The zero-order valence-corrected chi connectivity index (χ0v) is 16.8. The van der Waals surface area contributed by atoms with Gasteiger partial charge in [0, 0.05) is 11.5 Å². The number of carbonyl (C=O) groups is 1. The molecule has 1 fully saturated rings. The van der Waals surface area contributed by atoms with Crippen molar-refractivity contribution in [1.82, 2.24) is 15.5 Å². The van der Waals surface area contributed by atoms with Crippen LogP contribution < -0.4 is 10.0 Å². The molecule has 1 aliphatic rings. The predicted molar refractivity (Wildman–Crippen MR) is 101 cm³/mol. The smallest absolute Gasteiger partial charge is 0.252 e. The van der Waals surface area contributed by atoms with Gasteiger partial charge in [0.05, 0.1) is 17.0 Å². The molecule has 1 heterocycles. The Hall–Kier alpha value is -2.13. The third kappa shape index (κ3) is 4.98. The predicted octanol–water partition coefficient (Wildman–Crippen LogP) is 3.10. The maximum absolute atomic E-state index is 12.7. The van der Waals surface area contributed by atoms with E-state index in [-0.39, 0.29) is 22.2 Å². The summed E-state index contributed by atoms with van der Waals surface area (Å²) < 4.78 is 30.5. The van der Waals surface area contributed by atoms with Crippen molar-refractivity contribution in [2.75, 3.05) is 11.0 Å². The molecule has 1 saturated carbocycles. The molecule has 1 aromatic heterocycles. The van der Waals surface area contributed by atoms with Crippen molar-refractivity contribution in [3.8, 4) is 0 Å². The molecule has 8 nitrogen and oxygen atoms in total. The van der Waals surface area contributed by atoms with Crippen LogP contribution in [0.15, 0.2) is 22.7 Å². The molecule has 0 radical (unpaired) electrons. The number of halogens is 1. The van der Waals surface area contributed by atoms with Crippen molar-refractivity contribution in [2.45, 2.75) is 38.6 Å². The molecule has 0 spiro atoms. The van der Waals surface area contributed by atoms with Crippen LogP contribution in [0.2, 0.25) is 5.02 Å². The lowest BCUT2D eigenvalue weighted by Crippen LogP contribution is -2.32. The maximum Gasteiger partial charge on any atom is 0.252 e. The topological polar surface area (TPSA) is 114 Å². The van der Waals surface area contributed by atoms with Crippen LogP contribution in [0.5, 0.6) is 0 Å². The van der Waals surface area contributed by atoms with Crippen LogP contribution in [0, 0.1) is 5.92 Å². The molecular formula is C17H21ClN4O4S. The number of carbonyl (C=O) groups excluding carboxylic acids is 1. The van der Waals surface area contributed by atoms with Crippen LogP contribution in [0.25, 0.3) is 0 Å². The number of rotatable bonds is 7. The van der Waals surface area contributed by atoms with Gasteiger partial charge in [-0.15, -0.1) is 0 Å². The second-order valence-electron chi connectivity index (χ2n) is 7.03. The normalized spacial score (nSPS) is 15.6. The Bertz CT molecular complexity index is 954. The lowest BCUT2D eigenvalue weighted by molar-refractivity contribution is 0.0914. The fourth-order valence-electron chi connectivity index (χ4n) is 2.56. The summed E-state index contributed by atoms with van der Waals surface area (Å²) in [5.74, 6) is 1.02. The van der Waals surface area contributed by atoms with Gasteiger partial charge in [-0.25, -0.2) is 8.42 Å². The molecular weight excluding hydrogens is 392 g/mol. The van der Waals surface area contributed by atoms with Gasteiger partial charge in [0.1, 0.15) is 6.04 Å². The second kappa shape index (κ2) is 7.47. The van der Waals surface area contributed by atoms with Crippen molar-refractivity contribution in [3.63, 3.8) is 0 Å². The molecule has 0 saturated heterocycles. The number of benzene rings is 1. The summed E-state index contributed by atoms with van der Waals surface area (Å²) in [7, 11) is -3.52. The Kier molecular flexibility index (Phi) is 5.43. The molecule has 1 amide bonds. The summed E-state index contributed by atoms with van der Waals surface area (Å²) in [4.78, 5) is 17.1. The maximum atomic E-state index is 12.7. The average molecular weight is 413 g/mol. The molecule has 2 N–H and O–H groups in total. The van der Waals surface area contributed by atoms with Gasteiger partial charge in [-0.1, -0.05) is 30.6 Å². The molecule has 0 bridgehead atoms. The first-order valence-electron chi connectivity index (χ1n) is 8.55. The molecule has 3 rings (SSSR count). The average Bonchev–Trinajstić information content (AvgIpc) is 3.31. The largest absolute Gasteiger partial charge is 0.340 e. The minimum Gasteiger partial charge on any atom is -0.340 e. The molecule has 146 valence electrons. The lowest BCUT2D eigenvalue weighted by atomic mass is 10.0. The van der Waals surface area contributed by atoms with E-state index in [1.54, 1.807) is 0 Å². The zero-order chi connectivity index (χ0) is 19.8. The molecule has 2 aromatic rings. The molecule has 27 heavy (non-hydrogen) atoms. The van der Waals surface area contributed by atoms with Gasteiger partial charge in [0.15, 0.2) is 5.82 Å². The molecule has 1 atom stereocenters. The molecule has 1 aromatic carbocycles. The van der Waals surface area contributed by atoms with E-state index in [1.165, 1.54) is 18.2 Å². The Labute approximate surface area is 162 Å². The van der Waals surface area contributed by atoms with Crippen LogP contribution >= 0.6 is 11.6 Å². The highest BCUT2D eigenvalue weighted by Gasteiger charge is 2.31. The summed E-state index contributed by atoms with van der Waals surface area (Å²) in [6.45, 7) is 3.87. The van der Waals surface area contributed by atoms with Crippen LogP contribution in [-0.4, -0.2) is 30.7 Å². The number of hydrogen-bond donors (Lipinski definition) is 2. The minimum absolute atomic E-state index is 0.0161. The molecule has 1 aliphatic carbocycles. The summed E-state index contributed by atoms with van der Waals surface area (Å²) in [5.41, 5.74) is 0.403. The van der Waals surface area contributed by atoms with Gasteiger partial charge in [-0.05, 0) is 37.0 Å². The summed E-state index contributed by atoms with van der Waals surface area (Å²) in [6, 6.07) is 3.91. The van der Waals surface area contributed by atoms with Crippen LogP contribution in [-0.2, 0) is 10.0 Å². The van der Waals surface area contributed by atoms with Crippen LogP contribution in [0.3, 0.4) is 0 Å². The van der Waals surface area contributed by atoms with Gasteiger partial charge >= 0.3 is 0 Å². The zero-order valence-electron chi connectivity index (χ0n) is 15.2. The van der Waals surface area contributed by atoms with E-state index >= 15 is 0 Å². The van der Waals surface area contributed by atoms with Gasteiger partial charge in [-0.2, -0.15) is 4.98 Å². The van der Waals surface area contributed by atoms with Crippen molar-refractivity contribution in [3.05, 3.63) is 40.5 Å². The van der Waals surface area contributed by atoms with Crippen LogP contribution in [0.4, 0.5) is 5.69 Å². The van der Waals surface area contributed by atoms with Crippen molar-refractivity contribution < 1.29 is 17.7 Å². The summed E-state index contributed by atoms with van der Waals surface area (Å²) >= 11 is 6.01. The van der Waals surface area contributed by atoms with Crippen LogP contribution in [0.1, 0.15) is 60.7 Å². The fourth-order valence-corrected chi connectivity index (χ4v) is 3.35. The Morgan fingerprint density at radius 2 is 2.04 bits per heavy atom. The van der Waals surface area contributed by atoms with Gasteiger partial charge in [0.25, 0.3) is 5.91 Å². The van der Waals surface area contributed by atoms with Gasteiger partial charge < -0.3 is 9.84 Å². The number of nitrogens with zero attached hydrogens (tertiary/aromatic N) is 2. The first-order chi connectivity index (χ1) is 12.6. The summed E-state index contributed by atoms with van der Waals surface area (Å²) in [6.07, 6.45) is 3.12. The number of hydrogen-bond acceptors (Lipinski definition) is 6. The van der Waals surface area contributed by atoms with E-state index in [9.17, 15) is 13.2 Å². The van der Waals surface area contributed by atoms with E-state index in [0.29, 0.717) is 17.6 Å². The lowest BCUT2D eigenvalue weighted by Gasteiger charge is -2.19. The Morgan fingerprint density at radius 3 is 2.63 bits per heavy atom. The highest BCUT2D eigenvalue weighted by Crippen LogP contribution is 2.38. The summed E-state index contributed by atoms with van der Waals surface area (Å²) in [5, 5.41) is 7.07. The molecule has 1 unspecified atom stereocenters. The molecule has 0 aliphatic heterocycles.